The number of ether oxygens (including phenoxy) is 1. The smallest absolute Gasteiger partial charge is 0.353 e. The third-order valence-electron chi connectivity index (χ3n) is 7.08. The van der Waals surface area contributed by atoms with E-state index >= 15 is 0 Å². The van der Waals surface area contributed by atoms with Crippen LogP contribution in [0.3, 0.4) is 0 Å². The zero-order valence-electron chi connectivity index (χ0n) is 26.1. The fraction of sp³-hybridized carbons (Fsp3) is 0.469. The van der Waals surface area contributed by atoms with Gasteiger partial charge in [0.15, 0.2) is 11.8 Å². The number of carbonyl (C=O) groups excluding carboxylic acids is 3. The first-order chi connectivity index (χ1) is 20.3. The van der Waals surface area contributed by atoms with Gasteiger partial charge in [-0.05, 0) is 48.6 Å². The fourth-order valence-electron chi connectivity index (χ4n) is 4.60. The first-order valence-corrected chi connectivity index (χ1v) is 14.6. The Morgan fingerprint density at radius 2 is 1.60 bits per heavy atom. The number of rotatable bonds is 13. The highest BCUT2D eigenvalue weighted by Crippen LogP contribution is 2.30. The Balaban J connectivity index is 2.16. The van der Waals surface area contributed by atoms with Gasteiger partial charge in [0.1, 0.15) is 5.75 Å². The Bertz CT molecular complexity index is 1560. The number of aromatic nitrogens is 3. The Hall–Kier alpha value is -4.41. The van der Waals surface area contributed by atoms with Crippen LogP contribution in [0, 0.1) is 11.3 Å². The van der Waals surface area contributed by atoms with Gasteiger partial charge in [0, 0.05) is 24.6 Å². The quantitative estimate of drug-likeness (QED) is 0.274. The molecule has 2 N–H and O–H groups in total. The third kappa shape index (κ3) is 7.91. The van der Waals surface area contributed by atoms with Crippen molar-refractivity contribution in [1.29, 1.82) is 0 Å². The Labute approximate surface area is 251 Å². The Morgan fingerprint density at radius 1 is 0.930 bits per heavy atom. The first-order valence-electron chi connectivity index (χ1n) is 14.6. The van der Waals surface area contributed by atoms with Crippen molar-refractivity contribution in [2.45, 2.75) is 79.8 Å². The van der Waals surface area contributed by atoms with E-state index in [-0.39, 0.29) is 36.2 Å². The lowest BCUT2D eigenvalue weighted by atomic mass is 9.87. The molecule has 2 amide bonds. The van der Waals surface area contributed by atoms with Crippen molar-refractivity contribution in [1.82, 2.24) is 13.9 Å². The molecule has 11 nitrogen and oxygen atoms in total. The van der Waals surface area contributed by atoms with Crippen molar-refractivity contribution in [2.24, 2.45) is 11.3 Å². The minimum Gasteiger partial charge on any atom is -0.495 e. The van der Waals surface area contributed by atoms with E-state index in [1.165, 1.54) is 22.5 Å². The second-order valence-electron chi connectivity index (χ2n) is 11.9. The molecule has 3 rings (SSSR count). The Kier molecular flexibility index (Phi) is 10.9. The van der Waals surface area contributed by atoms with Gasteiger partial charge >= 0.3 is 11.4 Å². The van der Waals surface area contributed by atoms with Crippen LogP contribution in [0.25, 0.3) is 5.69 Å². The van der Waals surface area contributed by atoms with Crippen LogP contribution in [0.2, 0.25) is 0 Å². The lowest BCUT2D eigenvalue weighted by Gasteiger charge is -2.22. The molecule has 0 aliphatic carbocycles. The molecule has 1 heterocycles. The summed E-state index contributed by atoms with van der Waals surface area (Å²) in [5.41, 5.74) is -1.06. The van der Waals surface area contributed by atoms with Gasteiger partial charge in [-0.25, -0.2) is 18.8 Å². The number of amides is 2. The molecule has 0 aliphatic rings. The van der Waals surface area contributed by atoms with E-state index < -0.39 is 34.5 Å². The van der Waals surface area contributed by atoms with Crippen molar-refractivity contribution in [3.05, 3.63) is 69.5 Å². The number of anilines is 2. The molecular formula is C32H43N5O6. The summed E-state index contributed by atoms with van der Waals surface area (Å²) in [5, 5.41) is 5.51. The van der Waals surface area contributed by atoms with Gasteiger partial charge in [0.05, 0.1) is 18.5 Å². The number of nitrogens with one attached hydrogen (secondary N) is 2. The number of Topliss-reactive ketones (excluding diaryl/α,β-unsaturated/α-hetero) is 1. The van der Waals surface area contributed by atoms with Gasteiger partial charge in [-0.1, -0.05) is 66.2 Å². The molecule has 0 saturated heterocycles. The molecule has 0 bridgehead atoms. The third-order valence-corrected chi connectivity index (χ3v) is 7.08. The molecule has 0 saturated carbocycles. The van der Waals surface area contributed by atoms with E-state index in [0.717, 1.165) is 11.0 Å². The zero-order chi connectivity index (χ0) is 31.9. The summed E-state index contributed by atoms with van der Waals surface area (Å²) in [7, 11) is 1.42. The van der Waals surface area contributed by atoms with Crippen LogP contribution in [0.5, 0.6) is 5.75 Å². The molecule has 11 heteroatoms. The molecular weight excluding hydrogens is 550 g/mol. The van der Waals surface area contributed by atoms with Crippen molar-refractivity contribution < 1.29 is 19.1 Å². The summed E-state index contributed by atoms with van der Waals surface area (Å²) < 4.78 is 8.66. The normalized spacial score (nSPS) is 12.8. The molecule has 2 unspecified atom stereocenters. The number of ketones is 1. The second kappa shape index (κ2) is 14.2. The Morgan fingerprint density at radius 3 is 2.19 bits per heavy atom. The van der Waals surface area contributed by atoms with E-state index in [1.54, 1.807) is 49.4 Å². The molecule has 232 valence electrons. The predicted octanol–water partition coefficient (Wildman–Crippen LogP) is 4.78. The lowest BCUT2D eigenvalue weighted by molar-refractivity contribution is -0.131. The molecule has 43 heavy (non-hydrogen) atoms. The van der Waals surface area contributed by atoms with Crippen LogP contribution in [-0.4, -0.2) is 38.6 Å². The zero-order valence-corrected chi connectivity index (χ0v) is 26.1. The van der Waals surface area contributed by atoms with E-state index in [0.29, 0.717) is 24.2 Å². The highest BCUT2D eigenvalue weighted by Gasteiger charge is 2.36. The van der Waals surface area contributed by atoms with Crippen LogP contribution in [-0.2, 0) is 20.9 Å². The largest absolute Gasteiger partial charge is 0.495 e. The highest BCUT2D eigenvalue weighted by molar-refractivity contribution is 6.10. The summed E-state index contributed by atoms with van der Waals surface area (Å²) >= 11 is 0. The van der Waals surface area contributed by atoms with Gasteiger partial charge in [-0.3, -0.25) is 14.4 Å². The van der Waals surface area contributed by atoms with Crippen LogP contribution in [0.4, 0.5) is 11.4 Å². The fourth-order valence-corrected chi connectivity index (χ4v) is 4.60. The summed E-state index contributed by atoms with van der Waals surface area (Å²) in [6, 6.07) is 11.6. The van der Waals surface area contributed by atoms with Crippen LogP contribution in [0.1, 0.15) is 73.3 Å². The predicted molar refractivity (Wildman–Crippen MR) is 167 cm³/mol. The van der Waals surface area contributed by atoms with Crippen LogP contribution < -0.4 is 26.7 Å². The summed E-state index contributed by atoms with van der Waals surface area (Å²) in [6.07, 6.45) is 1.95. The van der Waals surface area contributed by atoms with Gasteiger partial charge in [-0.2, -0.15) is 4.68 Å². The maximum Gasteiger partial charge on any atom is 0.353 e. The van der Waals surface area contributed by atoms with E-state index in [1.807, 2.05) is 34.6 Å². The minimum atomic E-state index is -1.75. The monoisotopic (exact) mass is 593 g/mol. The molecule has 0 spiro atoms. The van der Waals surface area contributed by atoms with Crippen molar-refractivity contribution in [3.8, 4) is 11.4 Å². The number of unbranched alkanes of at least 4 members (excludes halogenated alkanes) is 1. The van der Waals surface area contributed by atoms with E-state index in [4.69, 9.17) is 4.74 Å². The number of carbonyl (C=O) groups is 3. The lowest BCUT2D eigenvalue weighted by Crippen LogP contribution is -2.44. The number of benzene rings is 2. The van der Waals surface area contributed by atoms with Gasteiger partial charge in [-0.15, -0.1) is 0 Å². The summed E-state index contributed by atoms with van der Waals surface area (Å²) in [4.78, 5) is 68.0. The minimum absolute atomic E-state index is 0.0649. The van der Waals surface area contributed by atoms with Crippen molar-refractivity contribution in [3.63, 3.8) is 0 Å². The molecule has 1 aromatic heterocycles. The molecule has 0 radical (unpaired) electrons. The summed E-state index contributed by atoms with van der Waals surface area (Å²) in [5.74, 6) is -1.60. The maximum atomic E-state index is 14.0. The number of hydrogen-bond donors (Lipinski definition) is 2. The van der Waals surface area contributed by atoms with Gasteiger partial charge in [0.25, 0.3) is 5.91 Å². The first kappa shape index (κ1) is 33.1. The van der Waals surface area contributed by atoms with Crippen molar-refractivity contribution in [2.75, 3.05) is 17.7 Å². The SMILES string of the molecule is CCCCn1c(=O)n(C(C(=O)CC(C)(C)C)C(=O)Nc2cc(NC(=O)C(C)CC)ccc2OC)c(=O)n1-c1ccccc1. The van der Waals surface area contributed by atoms with Gasteiger partial charge in [0.2, 0.25) is 5.91 Å². The standard InChI is InChI=1S/C32H43N5O6/c1-8-10-18-35-30(41)36(31(42)37(35)23-14-12-11-13-15-23)27(25(38)20-32(4,5)6)29(40)34-24-19-22(16-17-26(24)43-7)33-28(39)21(3)9-2/h11-17,19,21,27H,8-10,18,20H2,1-7H3,(H,33,39)(H,34,40). The number of methoxy groups -OCH3 is 1. The molecule has 2 aromatic carbocycles. The van der Waals surface area contributed by atoms with Crippen molar-refractivity contribution >= 4 is 29.0 Å². The highest BCUT2D eigenvalue weighted by atomic mass is 16.5. The maximum absolute atomic E-state index is 14.0. The van der Waals surface area contributed by atoms with E-state index in [2.05, 4.69) is 10.6 Å². The average molecular weight is 594 g/mol. The van der Waals surface area contributed by atoms with Gasteiger partial charge < -0.3 is 15.4 Å². The number of hydrogen-bond acceptors (Lipinski definition) is 6. The average Bonchev–Trinajstić information content (AvgIpc) is 3.19. The van der Waals surface area contributed by atoms with E-state index in [9.17, 15) is 24.0 Å². The topological polar surface area (TPSA) is 133 Å². The number of nitrogens with zero attached hydrogens (tertiary/aromatic N) is 3. The molecule has 3 aromatic rings. The second-order valence-corrected chi connectivity index (χ2v) is 11.9. The molecule has 0 fully saturated rings. The van der Waals surface area contributed by atoms with Crippen LogP contribution in [0.15, 0.2) is 58.1 Å². The van der Waals surface area contributed by atoms with Crippen LogP contribution >= 0.6 is 0 Å². The summed E-state index contributed by atoms with van der Waals surface area (Å²) in [6.45, 7) is 11.4. The molecule has 2 atom stereocenters. The number of para-hydroxylation sites is 1. The molecule has 0 aliphatic heterocycles.